The van der Waals surface area contributed by atoms with E-state index in [9.17, 15) is 4.79 Å². The lowest BCUT2D eigenvalue weighted by Crippen LogP contribution is -2.35. The van der Waals surface area contributed by atoms with Crippen LogP contribution in [0, 0.1) is 0 Å². The zero-order valence-corrected chi connectivity index (χ0v) is 12.8. The monoisotopic (exact) mass is 338 g/mol. The van der Waals surface area contributed by atoms with E-state index in [1.54, 1.807) is 13.2 Å². The Balaban J connectivity index is 2.08. The van der Waals surface area contributed by atoms with Crippen molar-refractivity contribution >= 4 is 21.8 Å². The minimum absolute atomic E-state index is 0.0830. The smallest absolute Gasteiger partial charge is 0.273 e. The van der Waals surface area contributed by atoms with Crippen molar-refractivity contribution in [3.05, 3.63) is 40.5 Å². The van der Waals surface area contributed by atoms with Crippen molar-refractivity contribution in [3.63, 3.8) is 0 Å². The maximum absolute atomic E-state index is 11.9. The van der Waals surface area contributed by atoms with E-state index in [-0.39, 0.29) is 17.6 Å². The van der Waals surface area contributed by atoms with Gasteiger partial charge in [-0.2, -0.15) is 0 Å². The highest BCUT2D eigenvalue weighted by atomic mass is 79.9. The second kappa shape index (κ2) is 6.67. The van der Waals surface area contributed by atoms with E-state index in [4.69, 9.17) is 9.26 Å². The van der Waals surface area contributed by atoms with Gasteiger partial charge in [-0.3, -0.25) is 4.79 Å². The van der Waals surface area contributed by atoms with Gasteiger partial charge >= 0.3 is 0 Å². The van der Waals surface area contributed by atoms with Crippen LogP contribution in [0.25, 0.3) is 11.3 Å². The summed E-state index contributed by atoms with van der Waals surface area (Å²) in [6, 6.07) is 9.12. The molecule has 1 amide bonds. The third-order valence-electron chi connectivity index (χ3n) is 2.67. The first-order valence-corrected chi connectivity index (χ1v) is 6.92. The van der Waals surface area contributed by atoms with Crippen molar-refractivity contribution in [1.82, 2.24) is 10.5 Å². The molecular weight excluding hydrogens is 324 g/mol. The van der Waals surface area contributed by atoms with Crippen molar-refractivity contribution < 1.29 is 14.1 Å². The molecular formula is C14H15BrN2O3. The lowest BCUT2D eigenvalue weighted by atomic mass is 10.1. The lowest BCUT2D eigenvalue weighted by Gasteiger charge is -2.10. The van der Waals surface area contributed by atoms with Crippen LogP contribution in [0.5, 0.6) is 0 Å². The summed E-state index contributed by atoms with van der Waals surface area (Å²) in [5.41, 5.74) is 1.12. The van der Waals surface area contributed by atoms with Crippen LogP contribution in [0.1, 0.15) is 17.4 Å². The summed E-state index contributed by atoms with van der Waals surface area (Å²) in [5, 5.41) is 6.57. The van der Waals surface area contributed by atoms with Crippen molar-refractivity contribution in [2.45, 2.75) is 13.0 Å². The summed E-state index contributed by atoms with van der Waals surface area (Å²) >= 11 is 3.37. The quantitative estimate of drug-likeness (QED) is 0.910. The highest BCUT2D eigenvalue weighted by Gasteiger charge is 2.15. The van der Waals surface area contributed by atoms with Crippen LogP contribution in [-0.2, 0) is 4.74 Å². The number of aromatic nitrogens is 1. The molecule has 1 atom stereocenters. The fourth-order valence-corrected chi connectivity index (χ4v) is 1.99. The SMILES string of the molecule is COC[C@H](C)NC(=O)c1cc(-c2ccc(Br)cc2)on1. The standard InChI is InChI=1S/C14H15BrN2O3/c1-9(8-19-2)16-14(18)12-7-13(20-17-12)10-3-5-11(15)6-4-10/h3-7,9H,8H2,1-2H3,(H,16,18)/t9-/m0/s1. The summed E-state index contributed by atoms with van der Waals surface area (Å²) < 4.78 is 11.1. The third kappa shape index (κ3) is 3.68. The van der Waals surface area contributed by atoms with Crippen LogP contribution in [0.3, 0.4) is 0 Å². The molecule has 2 aromatic rings. The second-order valence-corrected chi connectivity index (χ2v) is 5.33. The Labute approximate surface area is 125 Å². The van der Waals surface area contributed by atoms with Gasteiger partial charge in [-0.25, -0.2) is 0 Å². The van der Waals surface area contributed by atoms with Gasteiger partial charge in [0.15, 0.2) is 11.5 Å². The van der Waals surface area contributed by atoms with Crippen molar-refractivity contribution in [2.75, 3.05) is 13.7 Å². The fraction of sp³-hybridized carbons (Fsp3) is 0.286. The predicted octanol–water partition coefficient (Wildman–Crippen LogP) is 2.87. The molecule has 106 valence electrons. The van der Waals surface area contributed by atoms with Gasteiger partial charge < -0.3 is 14.6 Å². The molecule has 0 fully saturated rings. The molecule has 2 rings (SSSR count). The van der Waals surface area contributed by atoms with E-state index in [1.165, 1.54) is 0 Å². The zero-order valence-electron chi connectivity index (χ0n) is 11.2. The van der Waals surface area contributed by atoms with Gasteiger partial charge in [0.25, 0.3) is 5.91 Å². The summed E-state index contributed by atoms with van der Waals surface area (Å²) in [7, 11) is 1.59. The van der Waals surface area contributed by atoms with Crippen molar-refractivity contribution in [3.8, 4) is 11.3 Å². The Bertz CT molecular complexity index is 580. The van der Waals surface area contributed by atoms with E-state index in [0.29, 0.717) is 12.4 Å². The van der Waals surface area contributed by atoms with Gasteiger partial charge in [0.2, 0.25) is 0 Å². The normalized spacial score (nSPS) is 12.2. The molecule has 0 saturated heterocycles. The molecule has 0 aliphatic heterocycles. The maximum Gasteiger partial charge on any atom is 0.273 e. The van der Waals surface area contributed by atoms with E-state index >= 15 is 0 Å². The molecule has 0 aliphatic rings. The van der Waals surface area contributed by atoms with Gasteiger partial charge in [-0.15, -0.1) is 0 Å². The molecule has 5 nitrogen and oxygen atoms in total. The molecule has 1 heterocycles. The number of carbonyl (C=O) groups excluding carboxylic acids is 1. The van der Waals surface area contributed by atoms with Gasteiger partial charge in [0.05, 0.1) is 6.61 Å². The number of hydrogen-bond donors (Lipinski definition) is 1. The lowest BCUT2D eigenvalue weighted by molar-refractivity contribution is 0.0896. The Kier molecular flexibility index (Phi) is 4.92. The van der Waals surface area contributed by atoms with E-state index in [1.807, 2.05) is 31.2 Å². The second-order valence-electron chi connectivity index (χ2n) is 4.41. The van der Waals surface area contributed by atoms with Gasteiger partial charge in [0, 0.05) is 29.3 Å². The average molecular weight is 339 g/mol. The van der Waals surface area contributed by atoms with Crippen LogP contribution in [0.4, 0.5) is 0 Å². The predicted molar refractivity (Wildman–Crippen MR) is 78.4 cm³/mol. The number of methoxy groups -OCH3 is 1. The van der Waals surface area contributed by atoms with Crippen LogP contribution in [-0.4, -0.2) is 30.8 Å². The Morgan fingerprint density at radius 2 is 2.15 bits per heavy atom. The molecule has 0 radical (unpaired) electrons. The average Bonchev–Trinajstić information content (AvgIpc) is 2.89. The minimum atomic E-state index is -0.276. The number of carbonyl (C=O) groups is 1. The highest BCUT2D eigenvalue weighted by Crippen LogP contribution is 2.22. The summed E-state index contributed by atoms with van der Waals surface area (Å²) in [6.07, 6.45) is 0. The van der Waals surface area contributed by atoms with Crippen LogP contribution in [0.2, 0.25) is 0 Å². The number of nitrogens with one attached hydrogen (secondary N) is 1. The van der Waals surface area contributed by atoms with Gasteiger partial charge in [0.1, 0.15) is 0 Å². The van der Waals surface area contributed by atoms with Gasteiger partial charge in [-0.1, -0.05) is 33.2 Å². The molecule has 0 unspecified atom stereocenters. The van der Waals surface area contributed by atoms with Crippen LogP contribution >= 0.6 is 15.9 Å². The molecule has 6 heteroatoms. The molecule has 0 spiro atoms. The van der Waals surface area contributed by atoms with E-state index in [2.05, 4.69) is 26.4 Å². The number of benzene rings is 1. The molecule has 1 aromatic heterocycles. The largest absolute Gasteiger partial charge is 0.383 e. The minimum Gasteiger partial charge on any atom is -0.383 e. The number of nitrogens with zero attached hydrogens (tertiary/aromatic N) is 1. The molecule has 0 aliphatic carbocycles. The summed E-state index contributed by atoms with van der Waals surface area (Å²) in [6.45, 7) is 2.31. The molecule has 0 saturated carbocycles. The van der Waals surface area contributed by atoms with Crippen molar-refractivity contribution in [1.29, 1.82) is 0 Å². The number of rotatable bonds is 5. The Hall–Kier alpha value is -1.66. The first-order valence-electron chi connectivity index (χ1n) is 6.12. The molecule has 1 aromatic carbocycles. The fourth-order valence-electron chi connectivity index (χ4n) is 1.72. The number of amides is 1. The van der Waals surface area contributed by atoms with E-state index in [0.717, 1.165) is 10.0 Å². The molecule has 20 heavy (non-hydrogen) atoms. The maximum atomic E-state index is 11.9. The van der Waals surface area contributed by atoms with Gasteiger partial charge in [-0.05, 0) is 19.1 Å². The zero-order chi connectivity index (χ0) is 14.5. The van der Waals surface area contributed by atoms with Crippen LogP contribution < -0.4 is 5.32 Å². The Morgan fingerprint density at radius 1 is 1.45 bits per heavy atom. The first kappa shape index (κ1) is 14.7. The molecule has 1 N–H and O–H groups in total. The highest BCUT2D eigenvalue weighted by molar-refractivity contribution is 9.10. The number of hydrogen-bond acceptors (Lipinski definition) is 4. The topological polar surface area (TPSA) is 64.4 Å². The first-order chi connectivity index (χ1) is 9.60. The Morgan fingerprint density at radius 3 is 2.80 bits per heavy atom. The summed E-state index contributed by atoms with van der Waals surface area (Å²) in [4.78, 5) is 11.9. The summed E-state index contributed by atoms with van der Waals surface area (Å²) in [5.74, 6) is 0.281. The third-order valence-corrected chi connectivity index (χ3v) is 3.19. The molecule has 0 bridgehead atoms. The van der Waals surface area contributed by atoms with Crippen LogP contribution in [0.15, 0.2) is 39.3 Å². The number of halogens is 1. The van der Waals surface area contributed by atoms with Crippen molar-refractivity contribution in [2.24, 2.45) is 0 Å². The number of ether oxygens (including phenoxy) is 1. The van der Waals surface area contributed by atoms with E-state index < -0.39 is 0 Å².